The van der Waals surface area contributed by atoms with Crippen LogP contribution in [0.4, 0.5) is 0 Å². The van der Waals surface area contributed by atoms with E-state index < -0.39 is 5.97 Å². The molecule has 8 heteroatoms. The molecule has 0 unspecified atom stereocenters. The van der Waals surface area contributed by atoms with Crippen molar-refractivity contribution in [1.82, 2.24) is 4.90 Å². The monoisotopic (exact) mass is 470 g/mol. The number of phenolic OH excluding ortho intramolecular Hbond substituents is 1. The molecule has 0 aromatic heterocycles. The summed E-state index contributed by atoms with van der Waals surface area (Å²) >= 11 is 0. The van der Waals surface area contributed by atoms with Crippen LogP contribution in [0.25, 0.3) is 0 Å². The lowest BCUT2D eigenvalue weighted by Crippen LogP contribution is -2.33. The second kappa shape index (κ2) is 13.3. The number of fused-ring (bicyclic) bond motifs is 1. The fourth-order valence-electron chi connectivity index (χ4n) is 3.70. The molecule has 1 N–H and O–H groups in total. The SMILES string of the molecule is CCN(CC)C(=O)CO/N=C1/C=C(\C)CC/C=C/C[C@@H](C)OC(=O)c2c(C=O)cc(O)cc2C1. The van der Waals surface area contributed by atoms with Crippen LogP contribution in [0, 0.1) is 0 Å². The molecule has 1 aliphatic heterocycles. The molecule has 0 bridgehead atoms. The minimum absolute atomic E-state index is 0.0347. The molecule has 0 saturated heterocycles. The molecule has 1 heterocycles. The Morgan fingerprint density at radius 1 is 1.29 bits per heavy atom. The van der Waals surface area contributed by atoms with E-state index in [1.807, 2.05) is 39.0 Å². The zero-order chi connectivity index (χ0) is 25.1. The third kappa shape index (κ3) is 7.86. The second-order valence-electron chi connectivity index (χ2n) is 8.24. The van der Waals surface area contributed by atoms with Crippen LogP contribution in [0.5, 0.6) is 5.75 Å². The van der Waals surface area contributed by atoms with E-state index in [0.29, 0.717) is 37.1 Å². The van der Waals surface area contributed by atoms with Crippen molar-refractivity contribution in [2.24, 2.45) is 5.16 Å². The summed E-state index contributed by atoms with van der Waals surface area (Å²) in [7, 11) is 0. The number of carbonyl (C=O) groups is 3. The van der Waals surface area contributed by atoms with E-state index in [0.717, 1.165) is 18.4 Å². The van der Waals surface area contributed by atoms with Gasteiger partial charge in [-0.15, -0.1) is 0 Å². The van der Waals surface area contributed by atoms with Crippen LogP contribution in [0.1, 0.15) is 73.2 Å². The number of aromatic hydroxyl groups is 1. The van der Waals surface area contributed by atoms with Gasteiger partial charge in [0, 0.05) is 31.5 Å². The summed E-state index contributed by atoms with van der Waals surface area (Å²) in [5, 5.41) is 14.3. The highest BCUT2D eigenvalue weighted by molar-refractivity contribution is 6.03. The van der Waals surface area contributed by atoms with Gasteiger partial charge in [-0.25, -0.2) is 4.79 Å². The first-order valence-electron chi connectivity index (χ1n) is 11.6. The summed E-state index contributed by atoms with van der Waals surface area (Å²) in [5.41, 5.74) is 1.99. The van der Waals surface area contributed by atoms with Gasteiger partial charge in [-0.3, -0.25) is 9.59 Å². The van der Waals surface area contributed by atoms with E-state index in [9.17, 15) is 19.5 Å². The van der Waals surface area contributed by atoms with Gasteiger partial charge in [-0.2, -0.15) is 0 Å². The maximum atomic E-state index is 13.0. The Morgan fingerprint density at radius 3 is 2.71 bits per heavy atom. The largest absolute Gasteiger partial charge is 0.508 e. The summed E-state index contributed by atoms with van der Waals surface area (Å²) in [6.07, 6.45) is 8.22. The van der Waals surface area contributed by atoms with Gasteiger partial charge in [-0.1, -0.05) is 22.9 Å². The number of esters is 1. The van der Waals surface area contributed by atoms with Crippen molar-refractivity contribution in [3.63, 3.8) is 0 Å². The molecule has 184 valence electrons. The number of aldehydes is 1. The quantitative estimate of drug-likeness (QED) is 0.289. The van der Waals surface area contributed by atoms with Crippen LogP contribution in [0.2, 0.25) is 0 Å². The van der Waals surface area contributed by atoms with E-state index in [-0.39, 0.29) is 41.9 Å². The molecule has 0 spiro atoms. The molecule has 1 aromatic carbocycles. The number of hydrogen-bond donors (Lipinski definition) is 1. The average molecular weight is 471 g/mol. The summed E-state index contributed by atoms with van der Waals surface area (Å²) < 4.78 is 5.56. The predicted molar refractivity (Wildman–Crippen MR) is 130 cm³/mol. The van der Waals surface area contributed by atoms with Crippen LogP contribution in [0.15, 0.2) is 41.1 Å². The molecule has 1 aliphatic rings. The van der Waals surface area contributed by atoms with E-state index >= 15 is 0 Å². The van der Waals surface area contributed by atoms with Crippen molar-refractivity contribution in [3.05, 3.63) is 52.6 Å². The maximum absolute atomic E-state index is 13.0. The third-order valence-electron chi connectivity index (χ3n) is 5.49. The van der Waals surface area contributed by atoms with Crippen LogP contribution < -0.4 is 0 Å². The van der Waals surface area contributed by atoms with E-state index in [1.165, 1.54) is 12.1 Å². The van der Waals surface area contributed by atoms with E-state index in [2.05, 4.69) is 5.16 Å². The first-order chi connectivity index (χ1) is 16.3. The van der Waals surface area contributed by atoms with Gasteiger partial charge in [-0.05, 0) is 64.3 Å². The molecule has 1 amide bonds. The van der Waals surface area contributed by atoms with Gasteiger partial charge in [0.2, 0.25) is 0 Å². The standard InChI is InChI=1S/C26H34N2O6/c1-5-28(6-2)24(31)17-33-27-22-12-18(3)10-8-7-9-11-19(4)34-26(32)25-20(13-22)14-23(30)15-21(25)16-29/h7,9,12,14-16,19,30H,5-6,8,10-11,13,17H2,1-4H3/b9-7+,18-12+,27-22-/t19-/m1/s1. The van der Waals surface area contributed by atoms with E-state index in [1.54, 1.807) is 11.8 Å². The zero-order valence-electron chi connectivity index (χ0n) is 20.4. The molecule has 34 heavy (non-hydrogen) atoms. The number of amides is 1. The lowest BCUT2D eigenvalue weighted by Gasteiger charge is -2.18. The fourth-order valence-corrected chi connectivity index (χ4v) is 3.70. The van der Waals surface area contributed by atoms with Crippen LogP contribution in [0.3, 0.4) is 0 Å². The molecule has 8 nitrogen and oxygen atoms in total. The molecule has 1 aromatic rings. The molecule has 0 aliphatic carbocycles. The molecule has 0 saturated carbocycles. The highest BCUT2D eigenvalue weighted by Crippen LogP contribution is 2.24. The smallest absolute Gasteiger partial charge is 0.339 e. The predicted octanol–water partition coefficient (Wildman–Crippen LogP) is 4.22. The molecule has 0 fully saturated rings. The summed E-state index contributed by atoms with van der Waals surface area (Å²) in [6.45, 7) is 8.46. The summed E-state index contributed by atoms with van der Waals surface area (Å²) in [5.74, 6) is -0.976. The molecule has 1 atom stereocenters. The van der Waals surface area contributed by atoms with E-state index in [4.69, 9.17) is 9.57 Å². The molecular formula is C26H34N2O6. The topological polar surface area (TPSA) is 106 Å². The Hall–Kier alpha value is -3.42. The number of likely N-dealkylation sites (N-methyl/N-ethyl adjacent to an activating group) is 1. The highest BCUT2D eigenvalue weighted by atomic mass is 16.6. The first-order valence-corrected chi connectivity index (χ1v) is 11.6. The van der Waals surface area contributed by atoms with Gasteiger partial charge >= 0.3 is 5.97 Å². The number of carbonyl (C=O) groups excluding carboxylic acids is 3. The lowest BCUT2D eigenvalue weighted by atomic mass is 9.95. The van der Waals surface area contributed by atoms with Gasteiger partial charge in [0.25, 0.3) is 5.91 Å². The first kappa shape index (κ1) is 26.8. The van der Waals surface area contributed by atoms with Gasteiger partial charge in [0.1, 0.15) is 11.9 Å². The number of nitrogens with zero attached hydrogens (tertiary/aromatic N) is 2. The Kier molecular flexibility index (Phi) is 10.5. The molecule has 2 rings (SSSR count). The number of hydrogen-bond acceptors (Lipinski definition) is 7. The minimum atomic E-state index is -0.646. The van der Waals surface area contributed by atoms with Crippen molar-refractivity contribution >= 4 is 23.9 Å². The van der Waals surface area contributed by atoms with Crippen molar-refractivity contribution in [2.45, 2.75) is 59.5 Å². The summed E-state index contributed by atoms with van der Waals surface area (Å²) in [4.78, 5) is 43.9. The van der Waals surface area contributed by atoms with Crippen LogP contribution in [-0.4, -0.2) is 59.7 Å². The zero-order valence-corrected chi connectivity index (χ0v) is 20.4. The number of allylic oxidation sites excluding steroid dienone is 3. The molecule has 0 radical (unpaired) electrons. The second-order valence-corrected chi connectivity index (χ2v) is 8.24. The van der Waals surface area contributed by atoms with Gasteiger partial charge < -0.3 is 19.6 Å². The number of cyclic esters (lactones) is 1. The van der Waals surface area contributed by atoms with Crippen molar-refractivity contribution in [2.75, 3.05) is 19.7 Å². The van der Waals surface area contributed by atoms with Crippen molar-refractivity contribution in [3.8, 4) is 5.75 Å². The number of benzene rings is 1. The minimum Gasteiger partial charge on any atom is -0.508 e. The highest BCUT2D eigenvalue weighted by Gasteiger charge is 2.22. The summed E-state index contributed by atoms with van der Waals surface area (Å²) in [6, 6.07) is 2.65. The number of rotatable bonds is 6. The number of oxime groups is 1. The fraction of sp³-hybridized carbons (Fsp3) is 0.462. The van der Waals surface area contributed by atoms with Crippen LogP contribution >= 0.6 is 0 Å². The normalized spacial score (nSPS) is 20.8. The maximum Gasteiger partial charge on any atom is 0.339 e. The Balaban J connectivity index is 2.47. The van der Waals surface area contributed by atoms with Crippen molar-refractivity contribution < 1.29 is 29.1 Å². The Morgan fingerprint density at radius 2 is 2.03 bits per heavy atom. The average Bonchev–Trinajstić information content (AvgIpc) is 2.78. The van der Waals surface area contributed by atoms with Gasteiger partial charge in [0.05, 0.1) is 11.3 Å². The Labute approximate surface area is 200 Å². The van der Waals surface area contributed by atoms with Crippen molar-refractivity contribution in [1.29, 1.82) is 0 Å². The number of phenols is 1. The van der Waals surface area contributed by atoms with Crippen LogP contribution in [-0.2, 0) is 20.8 Å². The molecular weight excluding hydrogens is 436 g/mol. The van der Waals surface area contributed by atoms with Gasteiger partial charge in [0.15, 0.2) is 12.9 Å². The third-order valence-corrected chi connectivity index (χ3v) is 5.49. The Bertz CT molecular complexity index is 976. The lowest BCUT2D eigenvalue weighted by molar-refractivity contribution is -0.135. The number of ether oxygens (including phenoxy) is 1.